The summed E-state index contributed by atoms with van der Waals surface area (Å²) >= 11 is 0. The van der Waals surface area contributed by atoms with Crippen molar-refractivity contribution in [1.29, 1.82) is 0 Å². The normalized spacial score (nSPS) is 11.8. The maximum Gasteiger partial charge on any atom is 1.00 e. The number of nitrogens with zero attached hydrogens (tertiary/aromatic N) is 2. The summed E-state index contributed by atoms with van der Waals surface area (Å²) in [7, 11) is -8.96. The van der Waals surface area contributed by atoms with E-state index in [9.17, 15) is 25.9 Å². The summed E-state index contributed by atoms with van der Waals surface area (Å²) < 4.78 is 65.5. The Morgan fingerprint density at radius 2 is 0.812 bits per heavy atom. The first-order valence-corrected chi connectivity index (χ1v) is 11.2. The first-order chi connectivity index (χ1) is 14.1. The van der Waals surface area contributed by atoms with Crippen molar-refractivity contribution in [2.24, 2.45) is 9.98 Å². The topological polar surface area (TPSA) is 139 Å². The van der Waals surface area contributed by atoms with Gasteiger partial charge in [-0.25, -0.2) is 16.8 Å². The monoisotopic (exact) mass is 488 g/mol. The molecule has 0 amide bonds. The number of rotatable bonds is 6. The first kappa shape index (κ1) is 28.9. The van der Waals surface area contributed by atoms with E-state index in [1.165, 1.54) is 48.5 Å². The van der Waals surface area contributed by atoms with Gasteiger partial charge in [-0.2, -0.15) is 0 Å². The van der Waals surface area contributed by atoms with E-state index in [1.807, 2.05) is 0 Å². The molecular formula is C20H14N2Na2O6S2. The van der Waals surface area contributed by atoms with Crippen LogP contribution in [-0.2, 0) is 20.2 Å². The number of hydrogen-bond donors (Lipinski definition) is 0. The predicted molar refractivity (Wildman–Crippen MR) is 110 cm³/mol. The summed E-state index contributed by atoms with van der Waals surface area (Å²) in [6, 6.07) is 17.8. The second-order valence-electron chi connectivity index (χ2n) is 6.08. The molecule has 0 fully saturated rings. The molecule has 0 bridgehead atoms. The van der Waals surface area contributed by atoms with E-state index < -0.39 is 20.2 Å². The average Bonchev–Trinajstić information content (AvgIpc) is 2.71. The van der Waals surface area contributed by atoms with Gasteiger partial charge >= 0.3 is 59.1 Å². The zero-order chi connectivity index (χ0) is 21.8. The Hall–Kier alpha value is -1.18. The molecule has 3 rings (SSSR count). The van der Waals surface area contributed by atoms with Crippen LogP contribution in [0.4, 0.5) is 11.4 Å². The van der Waals surface area contributed by atoms with Gasteiger partial charge in [-0.15, -0.1) is 0 Å². The van der Waals surface area contributed by atoms with Crippen molar-refractivity contribution in [2.75, 3.05) is 0 Å². The summed E-state index contributed by atoms with van der Waals surface area (Å²) in [5.74, 6) is 0. The average molecular weight is 488 g/mol. The van der Waals surface area contributed by atoms with E-state index in [4.69, 9.17) is 0 Å². The molecule has 0 saturated heterocycles. The maximum absolute atomic E-state index is 10.9. The summed E-state index contributed by atoms with van der Waals surface area (Å²) in [5, 5.41) is 0. The van der Waals surface area contributed by atoms with Crippen LogP contribution < -0.4 is 59.1 Å². The molecule has 3 aromatic rings. The summed E-state index contributed by atoms with van der Waals surface area (Å²) in [6.07, 6.45) is 3.17. The van der Waals surface area contributed by atoms with Gasteiger partial charge in [0.1, 0.15) is 20.2 Å². The molecular weight excluding hydrogens is 474 g/mol. The fraction of sp³-hybridized carbons (Fsp3) is 0. The molecule has 32 heavy (non-hydrogen) atoms. The Morgan fingerprint density at radius 3 is 1.06 bits per heavy atom. The maximum atomic E-state index is 10.9. The van der Waals surface area contributed by atoms with Crippen LogP contribution in [0.5, 0.6) is 0 Å². The molecule has 0 aliphatic carbocycles. The third-order valence-corrected chi connectivity index (χ3v) is 5.61. The number of hydrogen-bond acceptors (Lipinski definition) is 8. The standard InChI is InChI=1S/C20H16N2O6S2.2Na/c23-29(24,25)19-9-5-17(6-10-19)21-13-15-1-2-16(4-3-15)14-22-18-7-11-20(12-8-18)30(26,27)28;;/h1-14H,(H,23,24,25)(H,26,27,28);;/q;2*+1/p-2. The van der Waals surface area contributed by atoms with Crippen LogP contribution >= 0.6 is 0 Å². The van der Waals surface area contributed by atoms with Gasteiger partial charge in [0.2, 0.25) is 0 Å². The van der Waals surface area contributed by atoms with Crippen molar-refractivity contribution < 1.29 is 85.1 Å². The third-order valence-electron chi connectivity index (χ3n) is 3.91. The minimum absolute atomic E-state index is 0. The molecule has 0 radical (unpaired) electrons. The molecule has 0 aliphatic rings. The Kier molecular flexibility index (Phi) is 11.1. The molecule has 8 nitrogen and oxygen atoms in total. The van der Waals surface area contributed by atoms with E-state index in [1.54, 1.807) is 36.7 Å². The smallest absolute Gasteiger partial charge is 0.744 e. The Bertz CT molecular complexity index is 1200. The van der Waals surface area contributed by atoms with Gasteiger partial charge in [0.25, 0.3) is 0 Å². The molecule has 0 aromatic heterocycles. The van der Waals surface area contributed by atoms with Gasteiger partial charge in [0, 0.05) is 12.4 Å². The number of benzene rings is 3. The molecule has 0 unspecified atom stereocenters. The molecule has 0 saturated carbocycles. The van der Waals surface area contributed by atoms with Crippen LogP contribution in [0.3, 0.4) is 0 Å². The number of aliphatic imine (C=N–C) groups is 2. The van der Waals surface area contributed by atoms with Crippen LogP contribution in [0.2, 0.25) is 0 Å². The molecule has 154 valence electrons. The minimum atomic E-state index is -4.48. The van der Waals surface area contributed by atoms with Gasteiger partial charge in [-0.1, -0.05) is 24.3 Å². The fourth-order valence-corrected chi connectivity index (χ4v) is 3.30. The van der Waals surface area contributed by atoms with Crippen molar-refractivity contribution in [3.8, 4) is 0 Å². The van der Waals surface area contributed by atoms with E-state index in [0.717, 1.165) is 11.1 Å². The van der Waals surface area contributed by atoms with Crippen molar-refractivity contribution in [2.45, 2.75) is 9.79 Å². The zero-order valence-electron chi connectivity index (χ0n) is 17.2. The first-order valence-electron chi connectivity index (χ1n) is 8.41. The van der Waals surface area contributed by atoms with Crippen molar-refractivity contribution >= 4 is 44.0 Å². The van der Waals surface area contributed by atoms with Crippen molar-refractivity contribution in [3.05, 3.63) is 83.9 Å². The third kappa shape index (κ3) is 8.64. The fourth-order valence-electron chi connectivity index (χ4n) is 2.36. The van der Waals surface area contributed by atoms with Gasteiger partial charge in [-0.3, -0.25) is 9.98 Å². The van der Waals surface area contributed by atoms with E-state index in [2.05, 4.69) is 9.98 Å². The van der Waals surface area contributed by atoms with Crippen molar-refractivity contribution in [3.63, 3.8) is 0 Å². The summed E-state index contributed by atoms with van der Waals surface area (Å²) in [5.41, 5.74) is 2.57. The largest absolute Gasteiger partial charge is 1.00 e. The summed E-state index contributed by atoms with van der Waals surface area (Å²) in [6.45, 7) is 0. The molecule has 12 heteroatoms. The Labute approximate surface area is 230 Å². The summed E-state index contributed by atoms with van der Waals surface area (Å²) in [4.78, 5) is 7.82. The predicted octanol–water partition coefficient (Wildman–Crippen LogP) is -3.00. The van der Waals surface area contributed by atoms with Crippen molar-refractivity contribution in [1.82, 2.24) is 0 Å². The minimum Gasteiger partial charge on any atom is -0.744 e. The Morgan fingerprint density at radius 1 is 0.531 bits per heavy atom. The second kappa shape index (κ2) is 12.3. The molecule has 0 N–H and O–H groups in total. The molecule has 0 aliphatic heterocycles. The SMILES string of the molecule is O=S(=O)([O-])c1ccc(N=Cc2ccc(C=Nc3ccc(S(=O)(=O)[O-])cc3)cc2)cc1.[Na+].[Na+]. The van der Waals surface area contributed by atoms with Crippen LogP contribution in [-0.4, -0.2) is 38.4 Å². The van der Waals surface area contributed by atoms with Gasteiger partial charge in [-0.05, 0) is 59.7 Å². The van der Waals surface area contributed by atoms with E-state index >= 15 is 0 Å². The molecule has 0 heterocycles. The van der Waals surface area contributed by atoms with Crippen LogP contribution in [0.15, 0.2) is 92.6 Å². The molecule has 3 aromatic carbocycles. The Balaban J connectivity index is 0.00000256. The van der Waals surface area contributed by atoms with Crippen LogP contribution in [0.1, 0.15) is 11.1 Å². The van der Waals surface area contributed by atoms with E-state index in [-0.39, 0.29) is 68.9 Å². The quantitative estimate of drug-likeness (QED) is 0.206. The second-order valence-corrected chi connectivity index (χ2v) is 8.84. The zero-order valence-corrected chi connectivity index (χ0v) is 22.9. The molecule has 0 spiro atoms. The van der Waals surface area contributed by atoms with E-state index in [0.29, 0.717) is 11.4 Å². The molecule has 0 atom stereocenters. The van der Waals surface area contributed by atoms with Crippen LogP contribution in [0, 0.1) is 0 Å². The van der Waals surface area contributed by atoms with Crippen LogP contribution in [0.25, 0.3) is 0 Å². The van der Waals surface area contributed by atoms with Gasteiger partial charge in [0.05, 0.1) is 21.2 Å². The van der Waals surface area contributed by atoms with Gasteiger partial charge < -0.3 is 9.11 Å². The van der Waals surface area contributed by atoms with Gasteiger partial charge in [0.15, 0.2) is 0 Å².